The molecule has 0 heterocycles. The number of halogens is 1. The van der Waals surface area contributed by atoms with Crippen LogP contribution in [0, 0.1) is 6.92 Å². The van der Waals surface area contributed by atoms with Crippen LogP contribution in [-0.2, 0) is 4.79 Å². The molecular weight excluding hydrogens is 286 g/mol. The van der Waals surface area contributed by atoms with Gasteiger partial charge in [0.25, 0.3) is 0 Å². The van der Waals surface area contributed by atoms with Crippen LogP contribution in [0.25, 0.3) is 6.08 Å². The van der Waals surface area contributed by atoms with Crippen molar-refractivity contribution in [1.82, 2.24) is 0 Å². The van der Waals surface area contributed by atoms with Crippen molar-refractivity contribution < 1.29 is 9.53 Å². The number of methoxy groups -OCH3 is 1. The Morgan fingerprint density at radius 3 is 2.76 bits per heavy atom. The maximum atomic E-state index is 12.0. The van der Waals surface area contributed by atoms with Crippen LogP contribution in [0.4, 0.5) is 5.69 Å². The van der Waals surface area contributed by atoms with E-state index < -0.39 is 0 Å². The van der Waals surface area contributed by atoms with Crippen molar-refractivity contribution in [3.8, 4) is 5.75 Å². The minimum Gasteiger partial charge on any atom is -0.496 e. The number of anilines is 1. The first-order valence-electron chi connectivity index (χ1n) is 6.48. The highest BCUT2D eigenvalue weighted by Crippen LogP contribution is 2.21. The Labute approximate surface area is 129 Å². The Hall–Kier alpha value is -2.26. The number of rotatable bonds is 4. The Morgan fingerprint density at radius 1 is 1.24 bits per heavy atom. The Kier molecular flexibility index (Phi) is 5.01. The Morgan fingerprint density at radius 2 is 2.00 bits per heavy atom. The number of amides is 1. The maximum absolute atomic E-state index is 12.0. The summed E-state index contributed by atoms with van der Waals surface area (Å²) in [5, 5.41) is 3.40. The molecule has 0 aliphatic heterocycles. The zero-order valence-corrected chi connectivity index (χ0v) is 12.6. The molecule has 2 rings (SSSR count). The molecule has 0 saturated heterocycles. The molecule has 0 aliphatic rings. The highest BCUT2D eigenvalue weighted by atomic mass is 35.5. The third-order valence-corrected chi connectivity index (χ3v) is 3.25. The van der Waals surface area contributed by atoms with Crippen molar-refractivity contribution >= 4 is 29.3 Å². The van der Waals surface area contributed by atoms with Gasteiger partial charge >= 0.3 is 0 Å². The number of benzene rings is 2. The number of para-hydroxylation sites is 1. The second kappa shape index (κ2) is 6.95. The van der Waals surface area contributed by atoms with Gasteiger partial charge in [-0.3, -0.25) is 4.79 Å². The molecule has 2 aromatic rings. The number of ether oxygens (including phenoxy) is 1. The van der Waals surface area contributed by atoms with E-state index >= 15 is 0 Å². The van der Waals surface area contributed by atoms with E-state index in [1.54, 1.807) is 25.3 Å². The van der Waals surface area contributed by atoms with E-state index in [0.29, 0.717) is 10.7 Å². The van der Waals surface area contributed by atoms with Crippen molar-refractivity contribution in [1.29, 1.82) is 0 Å². The van der Waals surface area contributed by atoms with Crippen LogP contribution in [0.5, 0.6) is 5.75 Å². The Bertz CT molecular complexity index is 680. The molecular formula is C17H16ClNO2. The zero-order valence-electron chi connectivity index (χ0n) is 11.9. The first kappa shape index (κ1) is 15.1. The zero-order chi connectivity index (χ0) is 15.2. The van der Waals surface area contributed by atoms with E-state index in [2.05, 4.69) is 5.32 Å². The molecule has 3 nitrogen and oxygen atoms in total. The summed E-state index contributed by atoms with van der Waals surface area (Å²) in [6, 6.07) is 12.9. The van der Waals surface area contributed by atoms with Crippen LogP contribution >= 0.6 is 11.6 Å². The van der Waals surface area contributed by atoms with Crippen LogP contribution < -0.4 is 10.1 Å². The fraction of sp³-hybridized carbons (Fsp3) is 0.118. The molecule has 0 unspecified atom stereocenters. The molecule has 2 aromatic carbocycles. The molecule has 0 aliphatic carbocycles. The van der Waals surface area contributed by atoms with Gasteiger partial charge in [0.05, 0.1) is 7.11 Å². The van der Waals surface area contributed by atoms with Gasteiger partial charge in [-0.2, -0.15) is 0 Å². The van der Waals surface area contributed by atoms with Crippen LogP contribution in [0.2, 0.25) is 5.02 Å². The maximum Gasteiger partial charge on any atom is 0.248 e. The summed E-state index contributed by atoms with van der Waals surface area (Å²) in [6.07, 6.45) is 3.19. The van der Waals surface area contributed by atoms with Crippen LogP contribution in [0.3, 0.4) is 0 Å². The van der Waals surface area contributed by atoms with E-state index in [0.717, 1.165) is 16.9 Å². The summed E-state index contributed by atoms with van der Waals surface area (Å²) in [4.78, 5) is 12.0. The number of hydrogen-bond donors (Lipinski definition) is 1. The van der Waals surface area contributed by atoms with Gasteiger partial charge in [0.1, 0.15) is 5.75 Å². The van der Waals surface area contributed by atoms with Gasteiger partial charge in [0.15, 0.2) is 0 Å². The molecule has 0 bridgehead atoms. The summed E-state index contributed by atoms with van der Waals surface area (Å²) < 4.78 is 5.23. The molecule has 1 N–H and O–H groups in total. The van der Waals surface area contributed by atoms with Crippen molar-refractivity contribution in [2.45, 2.75) is 6.92 Å². The monoisotopic (exact) mass is 301 g/mol. The lowest BCUT2D eigenvalue weighted by Gasteiger charge is -2.07. The van der Waals surface area contributed by atoms with Crippen LogP contribution in [0.15, 0.2) is 48.5 Å². The SMILES string of the molecule is COc1ccccc1C=CC(=O)Nc1cc(Cl)ccc1C. The largest absolute Gasteiger partial charge is 0.496 e. The van der Waals surface area contributed by atoms with Crippen LogP contribution in [0.1, 0.15) is 11.1 Å². The number of carbonyl (C=O) groups is 1. The average molecular weight is 302 g/mol. The van der Waals surface area contributed by atoms with E-state index in [1.807, 2.05) is 37.3 Å². The second-order valence-corrected chi connectivity index (χ2v) is 4.96. The van der Waals surface area contributed by atoms with E-state index in [-0.39, 0.29) is 5.91 Å². The number of carbonyl (C=O) groups excluding carboxylic acids is 1. The van der Waals surface area contributed by atoms with Crippen LogP contribution in [-0.4, -0.2) is 13.0 Å². The van der Waals surface area contributed by atoms with Crippen molar-refractivity contribution in [2.75, 3.05) is 12.4 Å². The highest BCUT2D eigenvalue weighted by molar-refractivity contribution is 6.31. The molecule has 0 atom stereocenters. The predicted molar refractivity (Wildman–Crippen MR) is 86.8 cm³/mol. The number of hydrogen-bond acceptors (Lipinski definition) is 2. The number of aryl methyl sites for hydroxylation is 1. The lowest BCUT2D eigenvalue weighted by atomic mass is 10.2. The lowest BCUT2D eigenvalue weighted by Crippen LogP contribution is -2.08. The first-order chi connectivity index (χ1) is 10.1. The molecule has 0 aromatic heterocycles. The topological polar surface area (TPSA) is 38.3 Å². The molecule has 0 saturated carbocycles. The predicted octanol–water partition coefficient (Wildman–Crippen LogP) is 4.31. The normalized spacial score (nSPS) is 10.6. The third-order valence-electron chi connectivity index (χ3n) is 3.01. The average Bonchev–Trinajstić information content (AvgIpc) is 2.49. The summed E-state index contributed by atoms with van der Waals surface area (Å²) in [7, 11) is 1.60. The first-order valence-corrected chi connectivity index (χ1v) is 6.86. The van der Waals surface area contributed by atoms with Gasteiger partial charge in [-0.15, -0.1) is 0 Å². The molecule has 0 fully saturated rings. The molecule has 4 heteroatoms. The molecule has 21 heavy (non-hydrogen) atoms. The van der Waals surface area contributed by atoms with Gasteiger partial charge in [0.2, 0.25) is 5.91 Å². The summed E-state index contributed by atoms with van der Waals surface area (Å²) in [6.45, 7) is 1.91. The van der Waals surface area contributed by atoms with Gasteiger partial charge in [-0.1, -0.05) is 35.9 Å². The molecule has 0 spiro atoms. The molecule has 0 radical (unpaired) electrons. The second-order valence-electron chi connectivity index (χ2n) is 4.52. The van der Waals surface area contributed by atoms with Crippen molar-refractivity contribution in [3.05, 3.63) is 64.7 Å². The minimum absolute atomic E-state index is 0.216. The molecule has 108 valence electrons. The van der Waals surface area contributed by atoms with E-state index in [9.17, 15) is 4.79 Å². The smallest absolute Gasteiger partial charge is 0.248 e. The molecule has 1 amide bonds. The Balaban J connectivity index is 2.11. The summed E-state index contributed by atoms with van der Waals surface area (Å²) >= 11 is 5.93. The van der Waals surface area contributed by atoms with E-state index in [4.69, 9.17) is 16.3 Å². The van der Waals surface area contributed by atoms with Crippen molar-refractivity contribution in [3.63, 3.8) is 0 Å². The number of nitrogens with one attached hydrogen (secondary N) is 1. The minimum atomic E-state index is -0.216. The third kappa shape index (κ3) is 4.10. The van der Waals surface area contributed by atoms with Crippen molar-refractivity contribution in [2.24, 2.45) is 0 Å². The standard InChI is InChI=1S/C17H16ClNO2/c1-12-7-9-14(18)11-15(12)19-17(20)10-8-13-5-3-4-6-16(13)21-2/h3-11H,1-2H3,(H,19,20). The van der Waals surface area contributed by atoms with Gasteiger partial charge in [-0.25, -0.2) is 0 Å². The van der Waals surface area contributed by atoms with Gasteiger partial charge < -0.3 is 10.1 Å². The quantitative estimate of drug-likeness (QED) is 0.855. The summed E-state index contributed by atoms with van der Waals surface area (Å²) in [5.41, 5.74) is 2.51. The highest BCUT2D eigenvalue weighted by Gasteiger charge is 2.03. The summed E-state index contributed by atoms with van der Waals surface area (Å²) in [5.74, 6) is 0.506. The van der Waals surface area contributed by atoms with Gasteiger partial charge in [-0.05, 0) is 36.8 Å². The van der Waals surface area contributed by atoms with Gasteiger partial charge in [0, 0.05) is 22.3 Å². The lowest BCUT2D eigenvalue weighted by molar-refractivity contribution is -0.111. The fourth-order valence-electron chi connectivity index (χ4n) is 1.87. The fourth-order valence-corrected chi connectivity index (χ4v) is 2.04. The van der Waals surface area contributed by atoms with E-state index in [1.165, 1.54) is 6.08 Å².